The number of hydrogen-bond donors (Lipinski definition) is 2. The van der Waals surface area contributed by atoms with Gasteiger partial charge in [0.15, 0.2) is 7.85 Å². The molecule has 1 aliphatic heterocycles. The Kier molecular flexibility index (Phi) is 8.91. The Morgan fingerprint density at radius 1 is 1.05 bits per heavy atom. The van der Waals surface area contributed by atoms with Crippen molar-refractivity contribution in [1.29, 1.82) is 0 Å². The fourth-order valence-electron chi connectivity index (χ4n) is 4.62. The van der Waals surface area contributed by atoms with Gasteiger partial charge in [0.1, 0.15) is 22.7 Å². The van der Waals surface area contributed by atoms with Crippen molar-refractivity contribution in [3.05, 3.63) is 76.8 Å². The second-order valence-corrected chi connectivity index (χ2v) is 9.98. The molecule has 0 saturated carbocycles. The third kappa shape index (κ3) is 7.37. The van der Waals surface area contributed by atoms with E-state index < -0.39 is 29.4 Å². The second kappa shape index (κ2) is 12.2. The van der Waals surface area contributed by atoms with Crippen molar-refractivity contribution in [3.8, 4) is 17.2 Å². The molecule has 0 saturated heterocycles. The van der Waals surface area contributed by atoms with E-state index in [2.05, 4.69) is 10.1 Å². The lowest BCUT2D eigenvalue weighted by Gasteiger charge is -2.35. The average Bonchev–Trinajstić information content (AvgIpc) is 3.33. The third-order valence-electron chi connectivity index (χ3n) is 6.59. The van der Waals surface area contributed by atoms with Crippen LogP contribution >= 0.6 is 11.6 Å². The topological polar surface area (TPSA) is 97.3 Å². The summed E-state index contributed by atoms with van der Waals surface area (Å²) >= 11 is 6.11. The molecule has 1 aliphatic rings. The van der Waals surface area contributed by atoms with Crippen LogP contribution in [0, 0.1) is 0 Å². The number of aliphatic carboxylic acids is 1. The zero-order chi connectivity index (χ0) is 29.8. The molecule has 1 amide bonds. The van der Waals surface area contributed by atoms with Crippen LogP contribution in [0.1, 0.15) is 24.0 Å². The monoisotopic (exact) mass is 590 g/mol. The lowest BCUT2D eigenvalue weighted by atomic mass is 9.70. The van der Waals surface area contributed by atoms with E-state index in [9.17, 15) is 22.8 Å². The predicted molar refractivity (Wildman–Crippen MR) is 150 cm³/mol. The maximum Gasteiger partial charge on any atom is 0.573 e. The zero-order valence-electron chi connectivity index (χ0n) is 22.3. The Bertz CT molecular complexity index is 1420. The van der Waals surface area contributed by atoms with Crippen LogP contribution in [0.5, 0.6) is 17.2 Å². The quantitative estimate of drug-likeness (QED) is 0.240. The van der Waals surface area contributed by atoms with Crippen LogP contribution in [0.2, 0.25) is 5.02 Å². The molecule has 1 heterocycles. The Morgan fingerprint density at radius 2 is 1.76 bits per heavy atom. The standard InChI is InChI=1S/C28H27BClF3N2O6/c1-39-22-13-20(14-23(15-22)40-12-2-3-25(36)37)34-27(29,18-5-7-19(30)8-6-18)26(38)35-11-10-17-4-9-21(16-24(17)35)41-28(31,32)33/h4-9,13-16,34H,2-3,10-12,29H2,1H3,(H,36,37). The number of benzene rings is 3. The molecular weight excluding hydrogens is 564 g/mol. The van der Waals surface area contributed by atoms with Crippen LogP contribution in [0.4, 0.5) is 24.5 Å². The normalized spacial score (nSPS) is 14.1. The van der Waals surface area contributed by atoms with Crippen LogP contribution in [0.3, 0.4) is 0 Å². The summed E-state index contributed by atoms with van der Waals surface area (Å²) in [5.41, 5.74) is 0.628. The van der Waals surface area contributed by atoms with Gasteiger partial charge in [0, 0.05) is 47.9 Å². The number of nitrogens with one attached hydrogen (secondary N) is 1. The Hall–Kier alpha value is -4.06. The Labute approximate surface area is 240 Å². The fraction of sp³-hybridized carbons (Fsp3) is 0.286. The van der Waals surface area contributed by atoms with E-state index in [1.807, 2.05) is 0 Å². The molecule has 0 spiro atoms. The zero-order valence-corrected chi connectivity index (χ0v) is 23.0. The Balaban J connectivity index is 1.69. The number of rotatable bonds is 11. The third-order valence-corrected chi connectivity index (χ3v) is 6.85. The summed E-state index contributed by atoms with van der Waals surface area (Å²) in [6.45, 7) is 0.406. The van der Waals surface area contributed by atoms with E-state index in [0.717, 1.165) is 0 Å². The van der Waals surface area contributed by atoms with Gasteiger partial charge in [-0.3, -0.25) is 9.59 Å². The number of alkyl halides is 3. The lowest BCUT2D eigenvalue weighted by Crippen LogP contribution is -2.52. The molecule has 0 radical (unpaired) electrons. The molecule has 0 aliphatic carbocycles. The van der Waals surface area contributed by atoms with E-state index in [1.54, 1.807) is 50.3 Å². The SMILES string of the molecule is BC(Nc1cc(OC)cc(OCCCC(=O)O)c1)(C(=O)N1CCc2ccc(OC(F)(F)F)cc21)c1ccc(Cl)cc1. The lowest BCUT2D eigenvalue weighted by molar-refractivity contribution is -0.274. The summed E-state index contributed by atoms with van der Waals surface area (Å²) in [6, 6.07) is 15.6. The van der Waals surface area contributed by atoms with Crippen molar-refractivity contribution in [3.63, 3.8) is 0 Å². The minimum Gasteiger partial charge on any atom is -0.497 e. The molecule has 41 heavy (non-hydrogen) atoms. The van der Waals surface area contributed by atoms with Gasteiger partial charge in [-0.2, -0.15) is 0 Å². The molecule has 3 aromatic rings. The highest BCUT2D eigenvalue weighted by Crippen LogP contribution is 2.38. The number of ether oxygens (including phenoxy) is 3. The molecule has 216 valence electrons. The maximum absolute atomic E-state index is 14.3. The van der Waals surface area contributed by atoms with Crippen LogP contribution in [-0.4, -0.2) is 51.5 Å². The number of anilines is 2. The first-order chi connectivity index (χ1) is 19.4. The van der Waals surface area contributed by atoms with Gasteiger partial charge in [-0.15, -0.1) is 13.2 Å². The van der Waals surface area contributed by atoms with Crippen molar-refractivity contribution in [2.24, 2.45) is 0 Å². The molecule has 2 N–H and O–H groups in total. The maximum atomic E-state index is 14.3. The van der Waals surface area contributed by atoms with E-state index in [1.165, 1.54) is 30.2 Å². The van der Waals surface area contributed by atoms with Crippen LogP contribution in [-0.2, 0) is 21.4 Å². The van der Waals surface area contributed by atoms with Crippen molar-refractivity contribution in [2.45, 2.75) is 31.1 Å². The number of carbonyl (C=O) groups excluding carboxylic acids is 1. The van der Waals surface area contributed by atoms with Gasteiger partial charge in [0.2, 0.25) is 5.91 Å². The molecular formula is C28H27BClF3N2O6. The van der Waals surface area contributed by atoms with Crippen molar-refractivity contribution < 1.29 is 42.1 Å². The van der Waals surface area contributed by atoms with E-state index >= 15 is 0 Å². The summed E-state index contributed by atoms with van der Waals surface area (Å²) in [5, 5.41) is 12.6. The molecule has 13 heteroatoms. The largest absolute Gasteiger partial charge is 0.573 e. The van der Waals surface area contributed by atoms with Gasteiger partial charge in [0.05, 0.1) is 19.4 Å². The van der Waals surface area contributed by atoms with Gasteiger partial charge in [0.25, 0.3) is 0 Å². The smallest absolute Gasteiger partial charge is 0.497 e. The van der Waals surface area contributed by atoms with Crippen molar-refractivity contribution >= 4 is 42.7 Å². The Morgan fingerprint density at radius 3 is 2.41 bits per heavy atom. The first-order valence-corrected chi connectivity index (χ1v) is 13.0. The van der Waals surface area contributed by atoms with Gasteiger partial charge < -0.3 is 29.5 Å². The number of carboxylic acid groups (broad SMARTS) is 1. The number of methoxy groups -OCH3 is 1. The predicted octanol–water partition coefficient (Wildman–Crippen LogP) is 4.98. The first-order valence-electron chi connectivity index (χ1n) is 12.7. The van der Waals surface area contributed by atoms with Crippen LogP contribution in [0.15, 0.2) is 60.7 Å². The molecule has 0 bridgehead atoms. The number of amides is 1. The summed E-state index contributed by atoms with van der Waals surface area (Å²) in [7, 11) is 3.14. The van der Waals surface area contributed by atoms with Gasteiger partial charge >= 0.3 is 12.3 Å². The molecule has 1 unspecified atom stereocenters. The molecule has 4 rings (SSSR count). The molecule has 1 atom stereocenters. The number of carboxylic acids is 1. The molecule has 0 aromatic heterocycles. The highest BCUT2D eigenvalue weighted by atomic mass is 35.5. The number of carbonyl (C=O) groups is 2. The molecule has 3 aromatic carbocycles. The first kappa shape index (κ1) is 29.9. The van der Waals surface area contributed by atoms with Crippen LogP contribution in [0.25, 0.3) is 0 Å². The number of nitrogens with zero attached hydrogens (tertiary/aromatic N) is 1. The number of hydrogen-bond acceptors (Lipinski definition) is 6. The van der Waals surface area contributed by atoms with Gasteiger partial charge in [-0.25, -0.2) is 0 Å². The second-order valence-electron chi connectivity index (χ2n) is 9.54. The minimum atomic E-state index is -4.87. The van der Waals surface area contributed by atoms with E-state index in [0.29, 0.717) is 51.9 Å². The van der Waals surface area contributed by atoms with E-state index in [4.69, 9.17) is 26.2 Å². The highest BCUT2D eigenvalue weighted by Gasteiger charge is 2.41. The number of fused-ring (bicyclic) bond motifs is 1. The summed E-state index contributed by atoms with van der Waals surface area (Å²) < 4.78 is 53.9. The fourth-order valence-corrected chi connectivity index (χ4v) is 4.74. The van der Waals surface area contributed by atoms with Gasteiger partial charge in [-0.05, 0) is 42.2 Å². The summed E-state index contributed by atoms with van der Waals surface area (Å²) in [4.78, 5) is 26.5. The summed E-state index contributed by atoms with van der Waals surface area (Å²) in [6.07, 6.45) is -4.17. The van der Waals surface area contributed by atoms with E-state index in [-0.39, 0.29) is 19.6 Å². The summed E-state index contributed by atoms with van der Waals surface area (Å²) in [5.74, 6) is -0.957. The molecule has 8 nitrogen and oxygen atoms in total. The highest BCUT2D eigenvalue weighted by molar-refractivity contribution is 6.33. The molecule has 0 fully saturated rings. The van der Waals surface area contributed by atoms with Crippen LogP contribution < -0.4 is 24.4 Å². The van der Waals surface area contributed by atoms with Gasteiger partial charge in [-0.1, -0.05) is 29.8 Å². The average molecular weight is 591 g/mol. The van der Waals surface area contributed by atoms with Crippen molar-refractivity contribution in [1.82, 2.24) is 0 Å². The number of halogens is 4. The van der Waals surface area contributed by atoms with Crippen molar-refractivity contribution in [2.75, 3.05) is 30.5 Å². The minimum absolute atomic E-state index is 0.0503.